The lowest BCUT2D eigenvalue weighted by Crippen LogP contribution is -2.31. The summed E-state index contributed by atoms with van der Waals surface area (Å²) >= 11 is 1.63. The summed E-state index contributed by atoms with van der Waals surface area (Å²) in [5, 5.41) is 21.0. The van der Waals surface area contributed by atoms with Crippen molar-refractivity contribution in [2.24, 2.45) is 0 Å². The van der Waals surface area contributed by atoms with Crippen molar-refractivity contribution in [3.05, 3.63) is 34.0 Å². The van der Waals surface area contributed by atoms with Crippen molar-refractivity contribution in [2.45, 2.75) is 58.3 Å². The maximum Gasteiger partial charge on any atom is 0.147 e. The van der Waals surface area contributed by atoms with E-state index in [-0.39, 0.29) is 6.10 Å². The first kappa shape index (κ1) is 15.6. The number of thiophene rings is 1. The lowest BCUT2D eigenvalue weighted by atomic mass is 10.1. The maximum atomic E-state index is 10.4. The molecule has 1 aliphatic heterocycles. The molecule has 0 aromatic carbocycles. The number of rotatable bonds is 6. The number of aryl methyl sites for hydroxylation is 1. The minimum absolute atomic E-state index is 0.351. The molecular weight excluding hydrogens is 296 g/mol. The number of likely N-dealkylation sites (tertiary alicyclic amines) is 1. The molecule has 1 fully saturated rings. The molecule has 0 amide bonds. The van der Waals surface area contributed by atoms with Gasteiger partial charge >= 0.3 is 0 Å². The molecule has 1 aliphatic rings. The fraction of sp³-hybridized carbons (Fsp3) is 0.625. The molecule has 1 saturated heterocycles. The van der Waals surface area contributed by atoms with Crippen LogP contribution in [0.3, 0.4) is 0 Å². The van der Waals surface area contributed by atoms with E-state index in [0.29, 0.717) is 6.04 Å². The zero-order valence-corrected chi connectivity index (χ0v) is 14.1. The summed E-state index contributed by atoms with van der Waals surface area (Å²) in [5.74, 6) is 2.02. The molecule has 0 aliphatic carbocycles. The summed E-state index contributed by atoms with van der Waals surface area (Å²) in [7, 11) is 0. The summed E-state index contributed by atoms with van der Waals surface area (Å²) in [6.45, 7) is 6.95. The molecule has 1 N–H and O–H groups in total. The van der Waals surface area contributed by atoms with E-state index in [1.807, 2.05) is 24.4 Å². The molecule has 2 aromatic heterocycles. The van der Waals surface area contributed by atoms with E-state index in [4.69, 9.17) is 0 Å². The highest BCUT2D eigenvalue weighted by molar-refractivity contribution is 7.10. The van der Waals surface area contributed by atoms with Gasteiger partial charge in [0.15, 0.2) is 0 Å². The summed E-state index contributed by atoms with van der Waals surface area (Å²) in [6.07, 6.45) is 2.80. The van der Waals surface area contributed by atoms with Crippen molar-refractivity contribution < 1.29 is 5.11 Å². The molecule has 3 heterocycles. The molecule has 2 unspecified atom stereocenters. The van der Waals surface area contributed by atoms with Crippen LogP contribution in [0.1, 0.15) is 48.8 Å². The molecule has 0 bridgehead atoms. The largest absolute Gasteiger partial charge is 0.388 e. The second kappa shape index (κ2) is 6.89. The van der Waals surface area contributed by atoms with Crippen molar-refractivity contribution >= 4 is 11.3 Å². The van der Waals surface area contributed by atoms with Gasteiger partial charge in [-0.05, 0) is 51.1 Å². The predicted octanol–water partition coefficient (Wildman–Crippen LogP) is 2.76. The van der Waals surface area contributed by atoms with Gasteiger partial charge in [0.1, 0.15) is 11.6 Å². The van der Waals surface area contributed by atoms with Gasteiger partial charge < -0.3 is 9.67 Å². The molecular formula is C16H24N4OS. The van der Waals surface area contributed by atoms with Crippen LogP contribution in [0.5, 0.6) is 0 Å². The van der Waals surface area contributed by atoms with Crippen LogP contribution in [0.4, 0.5) is 0 Å². The molecule has 2 atom stereocenters. The third kappa shape index (κ3) is 3.24. The molecule has 0 radical (unpaired) electrons. The van der Waals surface area contributed by atoms with E-state index in [9.17, 15) is 5.11 Å². The third-order valence-corrected chi connectivity index (χ3v) is 5.51. The van der Waals surface area contributed by atoms with Crippen LogP contribution in [0.15, 0.2) is 17.5 Å². The Morgan fingerprint density at radius 1 is 1.45 bits per heavy atom. The second-order valence-electron chi connectivity index (χ2n) is 5.94. The highest BCUT2D eigenvalue weighted by atomic mass is 32.1. The van der Waals surface area contributed by atoms with Crippen molar-refractivity contribution in [1.82, 2.24) is 19.7 Å². The van der Waals surface area contributed by atoms with Gasteiger partial charge in [-0.25, -0.2) is 0 Å². The molecule has 22 heavy (non-hydrogen) atoms. The highest BCUT2D eigenvalue weighted by Crippen LogP contribution is 2.30. The van der Waals surface area contributed by atoms with Crippen LogP contribution >= 0.6 is 11.3 Å². The summed E-state index contributed by atoms with van der Waals surface area (Å²) < 4.78 is 2.17. The topological polar surface area (TPSA) is 54.2 Å². The summed E-state index contributed by atoms with van der Waals surface area (Å²) in [5.41, 5.74) is 0. The quantitative estimate of drug-likeness (QED) is 0.889. The molecule has 2 aromatic rings. The molecule has 5 nitrogen and oxygen atoms in total. The number of nitrogens with zero attached hydrogens (tertiary/aromatic N) is 4. The zero-order chi connectivity index (χ0) is 15.5. The maximum absolute atomic E-state index is 10.4. The van der Waals surface area contributed by atoms with Crippen LogP contribution in [0, 0.1) is 6.92 Å². The summed E-state index contributed by atoms with van der Waals surface area (Å²) in [4.78, 5) is 3.52. The Kier molecular flexibility index (Phi) is 4.90. The SMILES string of the molecule is CCn1c(C)nnc1CN1CCCC1CC(O)c1cccs1. The standard InChI is InChI=1S/C16H24N4OS/c1-3-20-12(2)17-18-16(20)11-19-8-4-6-13(19)10-14(21)15-7-5-9-22-15/h5,7,9,13-14,21H,3-4,6,8,10-11H2,1-2H3. The second-order valence-corrected chi connectivity index (χ2v) is 6.92. The van der Waals surface area contributed by atoms with E-state index in [1.165, 1.54) is 6.42 Å². The molecule has 6 heteroatoms. The fourth-order valence-electron chi connectivity index (χ4n) is 3.36. The Morgan fingerprint density at radius 3 is 3.05 bits per heavy atom. The Morgan fingerprint density at radius 2 is 2.32 bits per heavy atom. The van der Waals surface area contributed by atoms with Crippen LogP contribution in [-0.2, 0) is 13.1 Å². The van der Waals surface area contributed by atoms with E-state index in [1.54, 1.807) is 11.3 Å². The molecule has 3 rings (SSSR count). The first-order valence-electron chi connectivity index (χ1n) is 8.03. The smallest absolute Gasteiger partial charge is 0.147 e. The molecule has 120 valence electrons. The van der Waals surface area contributed by atoms with E-state index in [2.05, 4.69) is 26.6 Å². The Hall–Kier alpha value is -1.24. The van der Waals surface area contributed by atoms with Crippen LogP contribution in [0.25, 0.3) is 0 Å². The number of aliphatic hydroxyl groups excluding tert-OH is 1. The van der Waals surface area contributed by atoms with Gasteiger partial charge in [-0.1, -0.05) is 6.07 Å². The van der Waals surface area contributed by atoms with Gasteiger partial charge in [0.25, 0.3) is 0 Å². The number of aromatic nitrogens is 3. The zero-order valence-electron chi connectivity index (χ0n) is 13.3. The Balaban J connectivity index is 1.65. The van der Waals surface area contributed by atoms with Gasteiger partial charge in [0, 0.05) is 17.5 Å². The lowest BCUT2D eigenvalue weighted by Gasteiger charge is -2.25. The highest BCUT2D eigenvalue weighted by Gasteiger charge is 2.28. The lowest BCUT2D eigenvalue weighted by molar-refractivity contribution is 0.119. The monoisotopic (exact) mass is 320 g/mol. The van der Waals surface area contributed by atoms with Gasteiger partial charge in [-0.2, -0.15) is 0 Å². The third-order valence-electron chi connectivity index (χ3n) is 4.54. The minimum Gasteiger partial charge on any atom is -0.388 e. The Labute approximate surface area is 135 Å². The van der Waals surface area contributed by atoms with Crippen molar-refractivity contribution in [3.63, 3.8) is 0 Å². The fourth-order valence-corrected chi connectivity index (χ4v) is 4.08. The first-order valence-corrected chi connectivity index (χ1v) is 8.91. The number of hydrogen-bond donors (Lipinski definition) is 1. The van der Waals surface area contributed by atoms with Crippen LogP contribution in [-0.4, -0.2) is 37.4 Å². The number of hydrogen-bond acceptors (Lipinski definition) is 5. The first-order chi connectivity index (χ1) is 10.7. The van der Waals surface area contributed by atoms with Gasteiger partial charge in [-0.3, -0.25) is 4.90 Å². The van der Waals surface area contributed by atoms with E-state index < -0.39 is 0 Å². The molecule has 0 spiro atoms. The van der Waals surface area contributed by atoms with Crippen LogP contribution < -0.4 is 0 Å². The van der Waals surface area contributed by atoms with Crippen molar-refractivity contribution in [2.75, 3.05) is 6.54 Å². The predicted molar refractivity (Wildman–Crippen MR) is 87.8 cm³/mol. The minimum atomic E-state index is -0.351. The Bertz CT molecular complexity index is 595. The van der Waals surface area contributed by atoms with Crippen molar-refractivity contribution in [1.29, 1.82) is 0 Å². The molecule has 0 saturated carbocycles. The average Bonchev–Trinajstić information content (AvgIpc) is 3.22. The average molecular weight is 320 g/mol. The van der Waals surface area contributed by atoms with Gasteiger partial charge in [0.05, 0.1) is 12.6 Å². The van der Waals surface area contributed by atoms with Gasteiger partial charge in [-0.15, -0.1) is 21.5 Å². The van der Waals surface area contributed by atoms with Gasteiger partial charge in [0.2, 0.25) is 0 Å². The summed E-state index contributed by atoms with van der Waals surface area (Å²) in [6, 6.07) is 4.45. The number of aliphatic hydroxyl groups is 1. The van der Waals surface area contributed by atoms with E-state index in [0.717, 1.165) is 49.0 Å². The normalized spacial score (nSPS) is 20.6. The van der Waals surface area contributed by atoms with Crippen molar-refractivity contribution in [3.8, 4) is 0 Å². The van der Waals surface area contributed by atoms with E-state index >= 15 is 0 Å². The van der Waals surface area contributed by atoms with Crippen LogP contribution in [0.2, 0.25) is 0 Å².